The summed E-state index contributed by atoms with van der Waals surface area (Å²) in [6.45, 7) is 7.29. The van der Waals surface area contributed by atoms with E-state index in [0.717, 1.165) is 26.1 Å². The molecule has 0 aromatic heterocycles. The lowest BCUT2D eigenvalue weighted by Gasteiger charge is -2.19. The number of nitrogens with zero attached hydrogens (tertiary/aromatic N) is 1. The molecule has 4 nitrogen and oxygen atoms in total. The molecule has 1 rings (SSSR count). The van der Waals surface area contributed by atoms with Gasteiger partial charge < -0.3 is 4.90 Å². The van der Waals surface area contributed by atoms with Crippen molar-refractivity contribution in [2.45, 2.75) is 25.2 Å². The van der Waals surface area contributed by atoms with Crippen LogP contribution in [-0.4, -0.2) is 39.5 Å². The van der Waals surface area contributed by atoms with Crippen molar-refractivity contribution >= 4 is 26.0 Å². The van der Waals surface area contributed by atoms with E-state index >= 15 is 0 Å². The summed E-state index contributed by atoms with van der Waals surface area (Å²) in [7, 11) is -3.43. The van der Waals surface area contributed by atoms with Gasteiger partial charge in [0.1, 0.15) is 0 Å². The third-order valence-corrected chi connectivity index (χ3v) is 5.31. The molecule has 19 heavy (non-hydrogen) atoms. The molecule has 0 saturated carbocycles. The zero-order valence-electron chi connectivity index (χ0n) is 11.4. The van der Waals surface area contributed by atoms with Crippen LogP contribution in [0.25, 0.3) is 0 Å². The molecular formula is C13H21BrN2O2S. The van der Waals surface area contributed by atoms with E-state index in [1.54, 1.807) is 24.3 Å². The number of hydrogen-bond donors (Lipinski definition) is 1. The summed E-state index contributed by atoms with van der Waals surface area (Å²) in [5.74, 6) is 0. The summed E-state index contributed by atoms with van der Waals surface area (Å²) >= 11 is 3.26. The summed E-state index contributed by atoms with van der Waals surface area (Å²) in [6, 6.07) is 6.83. The van der Waals surface area contributed by atoms with Gasteiger partial charge in [0.05, 0.1) is 4.90 Å². The largest absolute Gasteiger partial charge is 0.302 e. The van der Waals surface area contributed by atoms with Crippen molar-refractivity contribution in [3.63, 3.8) is 0 Å². The topological polar surface area (TPSA) is 49.4 Å². The third-order valence-electron chi connectivity index (χ3n) is 2.83. The highest BCUT2D eigenvalue weighted by molar-refractivity contribution is 9.10. The number of likely N-dealkylation sites (N-methyl/N-ethyl adjacent to an activating group) is 1. The maximum absolute atomic E-state index is 12.1. The fraction of sp³-hybridized carbons (Fsp3) is 0.538. The van der Waals surface area contributed by atoms with Crippen LogP contribution in [-0.2, 0) is 10.0 Å². The number of halogens is 1. The maximum Gasteiger partial charge on any atom is 0.241 e. The summed E-state index contributed by atoms with van der Waals surface area (Å²) in [4.78, 5) is 2.51. The first-order valence-corrected chi connectivity index (χ1v) is 8.75. The summed E-state index contributed by atoms with van der Waals surface area (Å²) < 4.78 is 27.5. The molecule has 0 saturated heterocycles. The van der Waals surface area contributed by atoms with Gasteiger partial charge in [-0.05, 0) is 47.6 Å². The lowest BCUT2D eigenvalue weighted by molar-refractivity contribution is 0.293. The van der Waals surface area contributed by atoms with Crippen molar-refractivity contribution in [3.8, 4) is 0 Å². The number of sulfonamides is 1. The van der Waals surface area contributed by atoms with Crippen molar-refractivity contribution < 1.29 is 8.42 Å². The predicted molar refractivity (Wildman–Crippen MR) is 81.7 cm³/mol. The molecule has 6 heteroatoms. The van der Waals surface area contributed by atoms with Gasteiger partial charge in [0.2, 0.25) is 10.0 Å². The Morgan fingerprint density at radius 1 is 1.21 bits per heavy atom. The highest BCUT2D eigenvalue weighted by Crippen LogP contribution is 2.20. The van der Waals surface area contributed by atoms with Crippen molar-refractivity contribution in [1.29, 1.82) is 0 Å². The second-order valence-corrected chi connectivity index (χ2v) is 6.85. The summed E-state index contributed by atoms with van der Waals surface area (Å²) in [5.41, 5.74) is 0. The lowest BCUT2D eigenvalue weighted by Crippen LogP contribution is -2.35. The predicted octanol–water partition coefficient (Wildman–Crippen LogP) is 2.46. The molecule has 108 valence electrons. The van der Waals surface area contributed by atoms with E-state index in [0.29, 0.717) is 11.0 Å². The minimum Gasteiger partial charge on any atom is -0.302 e. The second-order valence-electron chi connectivity index (χ2n) is 4.26. The van der Waals surface area contributed by atoms with E-state index in [1.807, 2.05) is 0 Å². The van der Waals surface area contributed by atoms with E-state index < -0.39 is 10.0 Å². The van der Waals surface area contributed by atoms with Gasteiger partial charge in [0.15, 0.2) is 0 Å². The van der Waals surface area contributed by atoms with Crippen molar-refractivity contribution in [2.24, 2.45) is 0 Å². The van der Waals surface area contributed by atoms with Gasteiger partial charge in [-0.1, -0.05) is 26.0 Å². The summed E-state index contributed by atoms with van der Waals surface area (Å²) in [5, 5.41) is 0. The molecular weight excluding hydrogens is 328 g/mol. The van der Waals surface area contributed by atoms with E-state index in [9.17, 15) is 8.42 Å². The maximum atomic E-state index is 12.1. The average molecular weight is 349 g/mol. The Kier molecular flexibility index (Phi) is 6.99. The van der Waals surface area contributed by atoms with Crippen LogP contribution in [0.5, 0.6) is 0 Å². The van der Waals surface area contributed by atoms with Crippen molar-refractivity contribution in [1.82, 2.24) is 9.62 Å². The van der Waals surface area contributed by atoms with Crippen LogP contribution in [0.1, 0.15) is 20.3 Å². The molecule has 0 unspecified atom stereocenters. The third kappa shape index (κ3) is 5.22. The van der Waals surface area contributed by atoms with Crippen molar-refractivity contribution in [3.05, 3.63) is 28.7 Å². The number of rotatable bonds is 8. The highest BCUT2D eigenvalue weighted by atomic mass is 79.9. The molecule has 0 aliphatic heterocycles. The molecule has 0 radical (unpaired) electrons. The normalized spacial score (nSPS) is 12.0. The van der Waals surface area contributed by atoms with Crippen LogP contribution in [0.15, 0.2) is 33.6 Å². The van der Waals surface area contributed by atoms with Gasteiger partial charge in [-0.2, -0.15) is 0 Å². The second kappa shape index (κ2) is 7.99. The standard InChI is InChI=1S/C13H21BrN2O2S/c1-3-10-16(4-2)11-9-15-19(17,18)13-8-6-5-7-12(13)14/h5-8,15H,3-4,9-11H2,1-2H3. The Balaban J connectivity index is 2.59. The molecule has 0 spiro atoms. The summed E-state index contributed by atoms with van der Waals surface area (Å²) in [6.07, 6.45) is 1.07. The van der Waals surface area contributed by atoms with E-state index in [4.69, 9.17) is 0 Å². The first kappa shape index (κ1) is 16.6. The highest BCUT2D eigenvalue weighted by Gasteiger charge is 2.16. The zero-order chi connectivity index (χ0) is 14.3. The van der Waals surface area contributed by atoms with Crippen LogP contribution in [0, 0.1) is 0 Å². The Morgan fingerprint density at radius 2 is 1.89 bits per heavy atom. The molecule has 0 aliphatic carbocycles. The van der Waals surface area contributed by atoms with E-state index in [-0.39, 0.29) is 4.90 Å². The molecule has 1 aromatic rings. The lowest BCUT2D eigenvalue weighted by atomic mass is 10.4. The average Bonchev–Trinajstić information content (AvgIpc) is 2.38. The van der Waals surface area contributed by atoms with Gasteiger partial charge >= 0.3 is 0 Å². The molecule has 0 heterocycles. The first-order chi connectivity index (χ1) is 9.01. The molecule has 1 N–H and O–H groups in total. The number of benzene rings is 1. The van der Waals surface area contributed by atoms with Crippen LogP contribution in [0.4, 0.5) is 0 Å². The van der Waals surface area contributed by atoms with Crippen LogP contribution in [0.3, 0.4) is 0 Å². The molecule has 1 aromatic carbocycles. The SMILES string of the molecule is CCCN(CC)CCNS(=O)(=O)c1ccccc1Br. The van der Waals surface area contributed by atoms with Crippen LogP contribution < -0.4 is 4.72 Å². The van der Waals surface area contributed by atoms with Crippen molar-refractivity contribution in [2.75, 3.05) is 26.2 Å². The Labute approximate surface area is 124 Å². The molecule has 0 aliphatic rings. The fourth-order valence-corrected chi connectivity index (χ4v) is 3.84. The van der Waals surface area contributed by atoms with Gasteiger partial charge in [-0.15, -0.1) is 0 Å². The zero-order valence-corrected chi connectivity index (χ0v) is 13.8. The molecule has 0 atom stereocenters. The van der Waals surface area contributed by atoms with Crippen LogP contribution >= 0.6 is 15.9 Å². The minimum absolute atomic E-state index is 0.286. The number of nitrogens with one attached hydrogen (secondary N) is 1. The van der Waals surface area contributed by atoms with E-state index in [1.165, 1.54) is 0 Å². The fourth-order valence-electron chi connectivity index (χ4n) is 1.82. The smallest absolute Gasteiger partial charge is 0.241 e. The van der Waals surface area contributed by atoms with Gasteiger partial charge in [-0.3, -0.25) is 0 Å². The quantitative estimate of drug-likeness (QED) is 0.784. The van der Waals surface area contributed by atoms with Gasteiger partial charge in [0, 0.05) is 17.6 Å². The molecule has 0 amide bonds. The Morgan fingerprint density at radius 3 is 2.47 bits per heavy atom. The number of hydrogen-bond acceptors (Lipinski definition) is 3. The van der Waals surface area contributed by atoms with E-state index in [2.05, 4.69) is 39.4 Å². The van der Waals surface area contributed by atoms with Gasteiger partial charge in [0.25, 0.3) is 0 Å². The van der Waals surface area contributed by atoms with Gasteiger partial charge in [-0.25, -0.2) is 13.1 Å². The Hall–Kier alpha value is -0.430. The molecule has 0 fully saturated rings. The molecule has 0 bridgehead atoms. The monoisotopic (exact) mass is 348 g/mol. The Bertz CT molecular complexity index is 491. The minimum atomic E-state index is -3.43. The van der Waals surface area contributed by atoms with Crippen LogP contribution in [0.2, 0.25) is 0 Å². The first-order valence-electron chi connectivity index (χ1n) is 6.47.